The number of amides is 1. The molecule has 2 aliphatic heterocycles. The number of halogens is 1. The van der Waals surface area contributed by atoms with Gasteiger partial charge in [0.25, 0.3) is 5.91 Å². The van der Waals surface area contributed by atoms with E-state index in [1.807, 2.05) is 30.3 Å². The SMILES string of the molecule is O=C(NC1CC2CCC(C1)N2)c1cc(-c2ccco2)n(-c2cccc(Cl)c2)n1. The summed E-state index contributed by atoms with van der Waals surface area (Å²) >= 11 is 6.15. The Labute approximate surface area is 167 Å². The fourth-order valence-corrected chi connectivity index (χ4v) is 4.52. The molecule has 2 N–H and O–H groups in total. The van der Waals surface area contributed by atoms with E-state index in [1.54, 1.807) is 23.1 Å². The molecule has 3 aromatic rings. The molecule has 7 heteroatoms. The van der Waals surface area contributed by atoms with Crippen molar-refractivity contribution in [1.82, 2.24) is 20.4 Å². The topological polar surface area (TPSA) is 72.1 Å². The fourth-order valence-electron chi connectivity index (χ4n) is 4.33. The van der Waals surface area contributed by atoms with E-state index in [9.17, 15) is 4.79 Å². The van der Waals surface area contributed by atoms with Crippen molar-refractivity contribution in [2.75, 3.05) is 0 Å². The van der Waals surface area contributed by atoms with Crippen LogP contribution in [0.5, 0.6) is 0 Å². The molecule has 2 saturated heterocycles. The summed E-state index contributed by atoms with van der Waals surface area (Å²) in [6.07, 6.45) is 5.95. The highest BCUT2D eigenvalue weighted by molar-refractivity contribution is 6.30. The second-order valence-corrected chi connectivity index (χ2v) is 8.00. The normalized spacial score (nSPS) is 23.7. The zero-order valence-corrected chi connectivity index (χ0v) is 16.0. The van der Waals surface area contributed by atoms with Gasteiger partial charge < -0.3 is 15.1 Å². The van der Waals surface area contributed by atoms with Gasteiger partial charge in [-0.15, -0.1) is 0 Å². The monoisotopic (exact) mass is 396 g/mol. The molecule has 2 bridgehead atoms. The number of aromatic nitrogens is 2. The Kier molecular flexibility index (Phi) is 4.45. The number of piperidine rings is 1. The summed E-state index contributed by atoms with van der Waals surface area (Å²) < 4.78 is 7.26. The van der Waals surface area contributed by atoms with Crippen LogP contribution in [0.3, 0.4) is 0 Å². The third-order valence-electron chi connectivity index (χ3n) is 5.58. The Hall–Kier alpha value is -2.57. The number of carbonyl (C=O) groups is 1. The minimum Gasteiger partial charge on any atom is -0.463 e. The molecular formula is C21H21ClN4O2. The van der Waals surface area contributed by atoms with Gasteiger partial charge in [0.1, 0.15) is 5.69 Å². The van der Waals surface area contributed by atoms with Crippen LogP contribution in [0.4, 0.5) is 0 Å². The van der Waals surface area contributed by atoms with Gasteiger partial charge in [-0.2, -0.15) is 5.10 Å². The van der Waals surface area contributed by atoms with Gasteiger partial charge in [-0.3, -0.25) is 4.79 Å². The molecule has 4 heterocycles. The van der Waals surface area contributed by atoms with Crippen LogP contribution in [-0.4, -0.2) is 33.8 Å². The number of benzene rings is 1. The van der Waals surface area contributed by atoms with Gasteiger partial charge >= 0.3 is 0 Å². The van der Waals surface area contributed by atoms with E-state index in [4.69, 9.17) is 16.0 Å². The Morgan fingerprint density at radius 2 is 2.00 bits per heavy atom. The summed E-state index contributed by atoms with van der Waals surface area (Å²) in [4.78, 5) is 12.9. The van der Waals surface area contributed by atoms with Crippen LogP contribution in [0.25, 0.3) is 17.1 Å². The zero-order chi connectivity index (χ0) is 19.1. The van der Waals surface area contributed by atoms with E-state index in [2.05, 4.69) is 15.7 Å². The Morgan fingerprint density at radius 1 is 1.18 bits per heavy atom. The lowest BCUT2D eigenvalue weighted by molar-refractivity contribution is 0.0918. The van der Waals surface area contributed by atoms with E-state index in [-0.39, 0.29) is 11.9 Å². The van der Waals surface area contributed by atoms with Gasteiger partial charge in [0, 0.05) is 29.2 Å². The first kappa shape index (κ1) is 17.5. The molecule has 1 aromatic carbocycles. The third kappa shape index (κ3) is 3.34. The summed E-state index contributed by atoms with van der Waals surface area (Å²) in [7, 11) is 0. The Bertz CT molecular complexity index is 986. The maximum atomic E-state index is 12.9. The van der Waals surface area contributed by atoms with Crippen LogP contribution < -0.4 is 10.6 Å². The highest BCUT2D eigenvalue weighted by Gasteiger charge is 2.34. The summed E-state index contributed by atoms with van der Waals surface area (Å²) in [5.74, 6) is 0.492. The van der Waals surface area contributed by atoms with Crippen molar-refractivity contribution < 1.29 is 9.21 Å². The first-order valence-corrected chi connectivity index (χ1v) is 10.0. The maximum absolute atomic E-state index is 12.9. The quantitative estimate of drug-likeness (QED) is 0.703. The second kappa shape index (κ2) is 7.11. The van der Waals surface area contributed by atoms with Crippen LogP contribution in [0, 0.1) is 0 Å². The molecule has 2 atom stereocenters. The van der Waals surface area contributed by atoms with Crippen LogP contribution in [0.15, 0.2) is 53.1 Å². The van der Waals surface area contributed by atoms with Crippen LogP contribution in [0.2, 0.25) is 5.02 Å². The predicted molar refractivity (Wildman–Crippen MR) is 107 cm³/mol. The lowest BCUT2D eigenvalue weighted by atomic mass is 10.00. The average Bonchev–Trinajstić information content (AvgIpc) is 3.41. The van der Waals surface area contributed by atoms with Crippen molar-refractivity contribution in [1.29, 1.82) is 0 Å². The van der Waals surface area contributed by atoms with E-state index < -0.39 is 0 Å². The van der Waals surface area contributed by atoms with Crippen molar-refractivity contribution in [3.63, 3.8) is 0 Å². The average molecular weight is 397 g/mol. The summed E-state index contributed by atoms with van der Waals surface area (Å²) in [6, 6.07) is 14.0. The number of hydrogen-bond acceptors (Lipinski definition) is 4. The molecule has 0 saturated carbocycles. The molecule has 2 unspecified atom stereocenters. The van der Waals surface area contributed by atoms with Crippen LogP contribution in [0.1, 0.15) is 36.2 Å². The predicted octanol–water partition coefficient (Wildman–Crippen LogP) is 3.80. The minimum absolute atomic E-state index is 0.153. The minimum atomic E-state index is -0.153. The first-order chi connectivity index (χ1) is 13.7. The zero-order valence-electron chi connectivity index (χ0n) is 15.3. The molecule has 1 amide bonds. The molecule has 5 rings (SSSR count). The Morgan fingerprint density at radius 3 is 2.71 bits per heavy atom. The Balaban J connectivity index is 1.45. The molecule has 28 heavy (non-hydrogen) atoms. The van der Waals surface area contributed by atoms with Gasteiger partial charge in [-0.1, -0.05) is 17.7 Å². The molecule has 2 fully saturated rings. The fraction of sp³-hybridized carbons (Fsp3) is 0.333. The molecule has 0 aliphatic carbocycles. The number of carbonyl (C=O) groups excluding carboxylic acids is 1. The van der Waals surface area contributed by atoms with E-state index in [0.29, 0.717) is 34.3 Å². The summed E-state index contributed by atoms with van der Waals surface area (Å²) in [6.45, 7) is 0. The van der Waals surface area contributed by atoms with Crippen molar-refractivity contribution in [3.05, 3.63) is 59.4 Å². The van der Waals surface area contributed by atoms with Gasteiger partial charge in [-0.25, -0.2) is 4.68 Å². The van der Waals surface area contributed by atoms with Gasteiger partial charge in [0.2, 0.25) is 0 Å². The smallest absolute Gasteiger partial charge is 0.272 e. The number of fused-ring (bicyclic) bond motifs is 2. The van der Waals surface area contributed by atoms with Crippen molar-refractivity contribution in [3.8, 4) is 17.1 Å². The third-order valence-corrected chi connectivity index (χ3v) is 5.81. The molecule has 2 aromatic heterocycles. The molecule has 6 nitrogen and oxygen atoms in total. The number of hydrogen-bond donors (Lipinski definition) is 2. The molecule has 0 radical (unpaired) electrons. The standard InChI is InChI=1S/C21H21ClN4O2/c22-13-3-1-4-17(9-13)26-19(20-5-2-8-28-20)12-18(25-26)21(27)24-16-10-14-6-7-15(11-16)23-14/h1-5,8-9,12,14-16,23H,6-7,10-11H2,(H,24,27). The van der Waals surface area contributed by atoms with Crippen LogP contribution in [-0.2, 0) is 0 Å². The highest BCUT2D eigenvalue weighted by atomic mass is 35.5. The maximum Gasteiger partial charge on any atom is 0.272 e. The number of nitrogens with zero attached hydrogens (tertiary/aromatic N) is 2. The first-order valence-electron chi connectivity index (χ1n) is 9.62. The van der Waals surface area contributed by atoms with Crippen molar-refractivity contribution in [2.45, 2.75) is 43.8 Å². The molecule has 144 valence electrons. The lowest BCUT2D eigenvalue weighted by Gasteiger charge is -2.29. The number of nitrogens with one attached hydrogen (secondary N) is 2. The van der Waals surface area contributed by atoms with Crippen molar-refractivity contribution in [2.24, 2.45) is 0 Å². The van der Waals surface area contributed by atoms with E-state index in [0.717, 1.165) is 18.5 Å². The molecule has 2 aliphatic rings. The van der Waals surface area contributed by atoms with Gasteiger partial charge in [0.15, 0.2) is 11.5 Å². The van der Waals surface area contributed by atoms with Crippen LogP contribution >= 0.6 is 11.6 Å². The lowest BCUT2D eigenvalue weighted by Crippen LogP contribution is -2.48. The van der Waals surface area contributed by atoms with E-state index in [1.165, 1.54) is 12.8 Å². The summed E-state index contributed by atoms with van der Waals surface area (Å²) in [5.41, 5.74) is 1.86. The number of furan rings is 1. The van der Waals surface area contributed by atoms with Gasteiger partial charge in [0.05, 0.1) is 12.0 Å². The largest absolute Gasteiger partial charge is 0.463 e. The second-order valence-electron chi connectivity index (χ2n) is 7.56. The summed E-state index contributed by atoms with van der Waals surface area (Å²) in [5, 5.41) is 11.9. The van der Waals surface area contributed by atoms with E-state index >= 15 is 0 Å². The number of rotatable bonds is 4. The molecule has 0 spiro atoms. The van der Waals surface area contributed by atoms with Crippen molar-refractivity contribution >= 4 is 17.5 Å². The van der Waals surface area contributed by atoms with Gasteiger partial charge in [-0.05, 0) is 56.0 Å². The highest BCUT2D eigenvalue weighted by Crippen LogP contribution is 2.28. The molecular weight excluding hydrogens is 376 g/mol.